The average molecular weight is 314 g/mol. The van der Waals surface area contributed by atoms with Gasteiger partial charge in [-0.1, -0.05) is 30.3 Å². The molecule has 2 heterocycles. The van der Waals surface area contributed by atoms with Gasteiger partial charge in [-0.15, -0.1) is 0 Å². The number of nitrogens with two attached hydrogens (primary N) is 1. The minimum atomic E-state index is -0.545. The molecule has 1 fully saturated rings. The number of nitrogens with one attached hydrogen (secondary N) is 1. The van der Waals surface area contributed by atoms with Crippen molar-refractivity contribution in [2.24, 2.45) is 0 Å². The normalized spacial score (nSPS) is 14.0. The number of benzene rings is 1. The van der Waals surface area contributed by atoms with E-state index < -0.39 is 4.92 Å². The van der Waals surface area contributed by atoms with E-state index in [2.05, 4.69) is 15.3 Å². The lowest BCUT2D eigenvalue weighted by Gasteiger charge is -2.17. The van der Waals surface area contributed by atoms with Gasteiger partial charge in [0.1, 0.15) is 0 Å². The molecule has 1 aromatic heterocycles. The molecule has 0 atom stereocenters. The van der Waals surface area contributed by atoms with Crippen molar-refractivity contribution >= 4 is 23.3 Å². The molecule has 2 aromatic rings. The minimum absolute atomic E-state index is 0.109. The third kappa shape index (κ3) is 3.31. The zero-order valence-electron chi connectivity index (χ0n) is 12.6. The molecule has 0 bridgehead atoms. The van der Waals surface area contributed by atoms with Crippen LogP contribution < -0.4 is 16.0 Å². The Morgan fingerprint density at radius 1 is 1.22 bits per heavy atom. The zero-order chi connectivity index (χ0) is 16.2. The van der Waals surface area contributed by atoms with Gasteiger partial charge < -0.3 is 16.0 Å². The van der Waals surface area contributed by atoms with Crippen molar-refractivity contribution in [3.63, 3.8) is 0 Å². The highest BCUT2D eigenvalue weighted by atomic mass is 16.6. The Bertz CT molecular complexity index is 701. The third-order valence-electron chi connectivity index (χ3n) is 3.77. The molecule has 120 valence electrons. The summed E-state index contributed by atoms with van der Waals surface area (Å²) in [6.07, 6.45) is 2.13. The van der Waals surface area contributed by atoms with Gasteiger partial charge in [0.2, 0.25) is 17.6 Å². The van der Waals surface area contributed by atoms with Crippen molar-refractivity contribution in [3.05, 3.63) is 46.0 Å². The maximum absolute atomic E-state index is 11.3. The topological polar surface area (TPSA) is 110 Å². The number of hydrogen-bond acceptors (Lipinski definition) is 7. The van der Waals surface area contributed by atoms with Gasteiger partial charge in [-0.25, -0.2) is 0 Å². The number of nitro groups is 1. The third-order valence-corrected chi connectivity index (χ3v) is 3.77. The smallest absolute Gasteiger partial charge is 0.353 e. The first-order valence-corrected chi connectivity index (χ1v) is 7.50. The second-order valence-corrected chi connectivity index (χ2v) is 5.40. The second-order valence-electron chi connectivity index (χ2n) is 5.40. The first kappa shape index (κ1) is 15.0. The van der Waals surface area contributed by atoms with Crippen LogP contribution >= 0.6 is 0 Å². The van der Waals surface area contributed by atoms with Gasteiger partial charge in [0, 0.05) is 19.6 Å². The van der Waals surface area contributed by atoms with Crippen LogP contribution in [-0.4, -0.2) is 28.0 Å². The van der Waals surface area contributed by atoms with Crippen LogP contribution in [-0.2, 0) is 6.54 Å². The van der Waals surface area contributed by atoms with Crippen molar-refractivity contribution in [2.45, 2.75) is 19.4 Å². The van der Waals surface area contributed by atoms with Crippen LogP contribution in [0.3, 0.4) is 0 Å². The summed E-state index contributed by atoms with van der Waals surface area (Å²) in [7, 11) is 0. The highest BCUT2D eigenvalue weighted by Crippen LogP contribution is 2.31. The van der Waals surface area contributed by atoms with E-state index in [1.54, 1.807) is 0 Å². The first-order valence-electron chi connectivity index (χ1n) is 7.50. The molecular weight excluding hydrogens is 296 g/mol. The van der Waals surface area contributed by atoms with E-state index in [1.165, 1.54) is 0 Å². The molecule has 0 unspecified atom stereocenters. The quantitative estimate of drug-likeness (QED) is 0.642. The van der Waals surface area contributed by atoms with E-state index in [1.807, 2.05) is 35.2 Å². The molecule has 1 aliphatic heterocycles. The van der Waals surface area contributed by atoms with E-state index in [0.717, 1.165) is 31.5 Å². The summed E-state index contributed by atoms with van der Waals surface area (Å²) in [5, 5.41) is 14.3. The minimum Gasteiger partial charge on any atom is -0.378 e. The Hall–Kier alpha value is -2.90. The van der Waals surface area contributed by atoms with Crippen LogP contribution in [0.5, 0.6) is 0 Å². The van der Waals surface area contributed by atoms with E-state index >= 15 is 0 Å². The van der Waals surface area contributed by atoms with Gasteiger partial charge in [0.25, 0.3) is 0 Å². The highest BCUT2D eigenvalue weighted by Gasteiger charge is 2.25. The summed E-state index contributed by atoms with van der Waals surface area (Å²) in [5.74, 6) is 0.497. The number of nitrogen functional groups attached to an aromatic ring is 1. The predicted octanol–water partition coefficient (Wildman–Crippen LogP) is 2.18. The summed E-state index contributed by atoms with van der Waals surface area (Å²) in [5.41, 5.74) is 6.53. The van der Waals surface area contributed by atoms with E-state index in [9.17, 15) is 10.1 Å². The Labute approximate surface area is 133 Å². The molecule has 3 rings (SSSR count). The molecule has 23 heavy (non-hydrogen) atoms. The molecule has 3 N–H and O–H groups in total. The summed E-state index contributed by atoms with van der Waals surface area (Å²) < 4.78 is 0. The summed E-state index contributed by atoms with van der Waals surface area (Å²) in [6.45, 7) is 2.11. The molecule has 1 saturated heterocycles. The Balaban J connectivity index is 1.90. The fourth-order valence-corrected chi connectivity index (χ4v) is 2.60. The van der Waals surface area contributed by atoms with Gasteiger partial charge in [0.15, 0.2) is 0 Å². The number of aromatic nitrogens is 2. The van der Waals surface area contributed by atoms with E-state index in [0.29, 0.717) is 12.5 Å². The van der Waals surface area contributed by atoms with Gasteiger partial charge in [-0.3, -0.25) is 10.1 Å². The molecule has 8 nitrogen and oxygen atoms in total. The number of nitrogens with zero attached hydrogens (tertiary/aromatic N) is 4. The van der Waals surface area contributed by atoms with Crippen LogP contribution in [0.2, 0.25) is 0 Å². The van der Waals surface area contributed by atoms with Crippen molar-refractivity contribution < 1.29 is 4.92 Å². The van der Waals surface area contributed by atoms with Gasteiger partial charge in [-0.2, -0.15) is 9.97 Å². The van der Waals surface area contributed by atoms with Gasteiger partial charge >= 0.3 is 5.69 Å². The van der Waals surface area contributed by atoms with E-state index in [-0.39, 0.29) is 17.3 Å². The monoisotopic (exact) mass is 314 g/mol. The lowest BCUT2D eigenvalue weighted by Crippen LogP contribution is -2.22. The molecule has 0 saturated carbocycles. The van der Waals surface area contributed by atoms with Crippen LogP contribution in [0, 0.1) is 10.1 Å². The first-order chi connectivity index (χ1) is 11.1. The Morgan fingerprint density at radius 3 is 2.57 bits per heavy atom. The fraction of sp³-hybridized carbons (Fsp3) is 0.333. The van der Waals surface area contributed by atoms with Gasteiger partial charge in [-0.05, 0) is 18.4 Å². The van der Waals surface area contributed by atoms with Crippen LogP contribution in [0.1, 0.15) is 18.4 Å². The lowest BCUT2D eigenvalue weighted by molar-refractivity contribution is -0.383. The summed E-state index contributed by atoms with van der Waals surface area (Å²) in [6, 6.07) is 9.61. The van der Waals surface area contributed by atoms with Crippen LogP contribution in [0.25, 0.3) is 0 Å². The van der Waals surface area contributed by atoms with Crippen molar-refractivity contribution in [1.82, 2.24) is 9.97 Å². The predicted molar refractivity (Wildman–Crippen MR) is 88.3 cm³/mol. The summed E-state index contributed by atoms with van der Waals surface area (Å²) in [4.78, 5) is 21.2. The van der Waals surface area contributed by atoms with Crippen molar-refractivity contribution in [1.29, 1.82) is 0 Å². The molecule has 1 aliphatic rings. The largest absolute Gasteiger partial charge is 0.378 e. The highest BCUT2D eigenvalue weighted by molar-refractivity contribution is 5.70. The maximum Gasteiger partial charge on any atom is 0.353 e. The van der Waals surface area contributed by atoms with Crippen LogP contribution in [0.15, 0.2) is 30.3 Å². The number of anilines is 3. The Kier molecular flexibility index (Phi) is 4.22. The molecule has 0 radical (unpaired) electrons. The molecule has 0 aliphatic carbocycles. The summed E-state index contributed by atoms with van der Waals surface area (Å²) >= 11 is 0. The molecule has 8 heteroatoms. The molecule has 1 aromatic carbocycles. The molecule has 0 spiro atoms. The lowest BCUT2D eigenvalue weighted by atomic mass is 10.2. The van der Waals surface area contributed by atoms with Crippen molar-refractivity contribution in [2.75, 3.05) is 29.0 Å². The maximum atomic E-state index is 11.3. The van der Waals surface area contributed by atoms with Crippen LogP contribution in [0.4, 0.5) is 23.3 Å². The Morgan fingerprint density at radius 2 is 1.91 bits per heavy atom. The van der Waals surface area contributed by atoms with Gasteiger partial charge in [0.05, 0.1) is 4.92 Å². The molecular formula is C15H18N6O2. The average Bonchev–Trinajstić information content (AvgIpc) is 3.07. The number of rotatable bonds is 5. The second kappa shape index (κ2) is 6.47. The van der Waals surface area contributed by atoms with E-state index in [4.69, 9.17) is 5.73 Å². The molecule has 0 amide bonds. The standard InChI is InChI=1S/C15H18N6O2/c16-13-12(21(22)23)14(17-10-11-6-2-1-3-7-11)19-15(18-13)20-8-4-5-9-20/h1-3,6-7H,4-5,8-10H2,(H3,16,17,18,19). The SMILES string of the molecule is Nc1nc(N2CCCC2)nc(NCc2ccccc2)c1[N+](=O)[O-]. The fourth-order valence-electron chi connectivity index (χ4n) is 2.60. The van der Waals surface area contributed by atoms with Crippen molar-refractivity contribution in [3.8, 4) is 0 Å². The number of hydrogen-bond donors (Lipinski definition) is 2. The zero-order valence-corrected chi connectivity index (χ0v) is 12.6.